The van der Waals surface area contributed by atoms with E-state index in [1.54, 1.807) is 10.9 Å². The molecule has 0 aliphatic carbocycles. The van der Waals surface area contributed by atoms with Gasteiger partial charge >= 0.3 is 5.69 Å². The molecule has 1 atom stereocenters. The van der Waals surface area contributed by atoms with E-state index in [0.717, 1.165) is 4.57 Å². The van der Waals surface area contributed by atoms with Gasteiger partial charge in [0.15, 0.2) is 5.56 Å². The van der Waals surface area contributed by atoms with E-state index in [-0.39, 0.29) is 17.3 Å². The molecule has 8 heteroatoms. The molecule has 2 aromatic rings. The highest BCUT2D eigenvalue weighted by Gasteiger charge is 2.15. The van der Waals surface area contributed by atoms with Crippen LogP contribution in [0.3, 0.4) is 0 Å². The van der Waals surface area contributed by atoms with Crippen LogP contribution in [-0.4, -0.2) is 25.5 Å². The van der Waals surface area contributed by atoms with Crippen LogP contribution in [0, 0.1) is 17.2 Å². The Balaban J connectivity index is 2.21. The standard InChI is InChI=1S/C14H18N6O2/c1-10(9-20-6-4-5-17-20)8-16-12-11(7-15)13(21)19(3)14(22)18(12)2/h4-6,10,16H,8-9H2,1-3H3. The van der Waals surface area contributed by atoms with Crippen LogP contribution >= 0.6 is 0 Å². The molecule has 8 nitrogen and oxygen atoms in total. The summed E-state index contributed by atoms with van der Waals surface area (Å²) in [5, 5.41) is 16.3. The van der Waals surface area contributed by atoms with E-state index in [0.29, 0.717) is 13.1 Å². The lowest BCUT2D eigenvalue weighted by molar-refractivity contribution is 0.466. The molecule has 2 aromatic heterocycles. The zero-order valence-corrected chi connectivity index (χ0v) is 12.8. The Hall–Kier alpha value is -2.82. The summed E-state index contributed by atoms with van der Waals surface area (Å²) in [6.07, 6.45) is 3.57. The minimum Gasteiger partial charge on any atom is -0.370 e. The summed E-state index contributed by atoms with van der Waals surface area (Å²) >= 11 is 0. The number of nitriles is 1. The van der Waals surface area contributed by atoms with Gasteiger partial charge in [-0.2, -0.15) is 10.4 Å². The first-order chi connectivity index (χ1) is 10.5. The van der Waals surface area contributed by atoms with Crippen molar-refractivity contribution in [2.75, 3.05) is 11.9 Å². The van der Waals surface area contributed by atoms with Crippen LogP contribution in [0.4, 0.5) is 5.82 Å². The number of nitrogens with one attached hydrogen (secondary N) is 1. The van der Waals surface area contributed by atoms with Gasteiger partial charge in [-0.15, -0.1) is 0 Å². The maximum absolute atomic E-state index is 12.0. The molecule has 0 radical (unpaired) electrons. The first-order valence-corrected chi connectivity index (χ1v) is 6.87. The van der Waals surface area contributed by atoms with Crippen LogP contribution in [0.15, 0.2) is 28.0 Å². The highest BCUT2D eigenvalue weighted by atomic mass is 16.2. The highest BCUT2D eigenvalue weighted by Crippen LogP contribution is 2.09. The molecule has 116 valence electrons. The number of hydrogen-bond acceptors (Lipinski definition) is 5. The van der Waals surface area contributed by atoms with Crippen molar-refractivity contribution >= 4 is 5.82 Å². The maximum Gasteiger partial charge on any atom is 0.332 e. The second-order valence-corrected chi connectivity index (χ2v) is 5.26. The summed E-state index contributed by atoms with van der Waals surface area (Å²) in [5.41, 5.74) is -1.12. The molecule has 0 aliphatic heterocycles. The van der Waals surface area contributed by atoms with Crippen molar-refractivity contribution in [1.82, 2.24) is 18.9 Å². The van der Waals surface area contributed by atoms with Gasteiger partial charge in [0.1, 0.15) is 11.9 Å². The minimum absolute atomic E-state index is 0.0594. The molecule has 0 saturated heterocycles. The van der Waals surface area contributed by atoms with Crippen molar-refractivity contribution in [3.8, 4) is 6.07 Å². The van der Waals surface area contributed by atoms with E-state index in [1.165, 1.54) is 18.7 Å². The minimum atomic E-state index is -0.590. The summed E-state index contributed by atoms with van der Waals surface area (Å²) in [4.78, 5) is 23.9. The molecular formula is C14H18N6O2. The Labute approximate surface area is 127 Å². The Morgan fingerprint density at radius 3 is 2.68 bits per heavy atom. The van der Waals surface area contributed by atoms with E-state index in [1.807, 2.05) is 25.3 Å². The summed E-state index contributed by atoms with van der Waals surface area (Å²) in [6.45, 7) is 3.22. The van der Waals surface area contributed by atoms with E-state index in [4.69, 9.17) is 0 Å². The summed E-state index contributed by atoms with van der Waals surface area (Å²) in [5.74, 6) is 0.452. The number of hydrogen-bond donors (Lipinski definition) is 1. The fourth-order valence-electron chi connectivity index (χ4n) is 2.22. The molecule has 0 spiro atoms. The van der Waals surface area contributed by atoms with Gasteiger partial charge in [-0.3, -0.25) is 18.6 Å². The highest BCUT2D eigenvalue weighted by molar-refractivity contribution is 5.51. The number of nitrogens with zero attached hydrogens (tertiary/aromatic N) is 5. The number of rotatable bonds is 5. The van der Waals surface area contributed by atoms with Crippen LogP contribution in [0.5, 0.6) is 0 Å². The summed E-state index contributed by atoms with van der Waals surface area (Å²) in [6, 6.07) is 3.71. The van der Waals surface area contributed by atoms with Gasteiger partial charge in [0.2, 0.25) is 0 Å². The second kappa shape index (κ2) is 6.30. The van der Waals surface area contributed by atoms with Crippen molar-refractivity contribution < 1.29 is 0 Å². The van der Waals surface area contributed by atoms with Crippen molar-refractivity contribution in [1.29, 1.82) is 5.26 Å². The normalized spacial score (nSPS) is 11.9. The third-order valence-corrected chi connectivity index (χ3v) is 3.45. The van der Waals surface area contributed by atoms with Crippen LogP contribution in [0.25, 0.3) is 0 Å². The van der Waals surface area contributed by atoms with Gasteiger partial charge in [-0.25, -0.2) is 4.79 Å². The summed E-state index contributed by atoms with van der Waals surface area (Å²) < 4.78 is 4.01. The Bertz CT molecular complexity index is 810. The van der Waals surface area contributed by atoms with Gasteiger partial charge in [-0.05, 0) is 12.0 Å². The lowest BCUT2D eigenvalue weighted by Crippen LogP contribution is -2.40. The smallest absolute Gasteiger partial charge is 0.332 e. The van der Waals surface area contributed by atoms with Gasteiger partial charge in [0, 0.05) is 39.6 Å². The van der Waals surface area contributed by atoms with Crippen LogP contribution in [0.1, 0.15) is 12.5 Å². The maximum atomic E-state index is 12.0. The predicted molar refractivity (Wildman–Crippen MR) is 81.5 cm³/mol. The van der Waals surface area contributed by atoms with Crippen molar-refractivity contribution in [3.05, 3.63) is 44.9 Å². The lowest BCUT2D eigenvalue weighted by Gasteiger charge is -2.17. The topological polar surface area (TPSA) is 97.6 Å². The van der Waals surface area contributed by atoms with E-state index in [2.05, 4.69) is 10.4 Å². The molecule has 1 N–H and O–H groups in total. The molecule has 0 amide bonds. The zero-order chi connectivity index (χ0) is 16.3. The Morgan fingerprint density at radius 2 is 2.09 bits per heavy atom. The van der Waals surface area contributed by atoms with E-state index < -0.39 is 11.2 Å². The number of anilines is 1. The van der Waals surface area contributed by atoms with Gasteiger partial charge in [0.05, 0.1) is 0 Å². The van der Waals surface area contributed by atoms with Gasteiger partial charge < -0.3 is 5.32 Å². The fraction of sp³-hybridized carbons (Fsp3) is 0.429. The largest absolute Gasteiger partial charge is 0.370 e. The summed E-state index contributed by atoms with van der Waals surface area (Å²) in [7, 11) is 2.89. The van der Waals surface area contributed by atoms with Crippen molar-refractivity contribution in [2.24, 2.45) is 20.0 Å². The monoisotopic (exact) mass is 302 g/mol. The number of aromatic nitrogens is 4. The average Bonchev–Trinajstić information content (AvgIpc) is 3.00. The van der Waals surface area contributed by atoms with E-state index >= 15 is 0 Å². The molecule has 1 unspecified atom stereocenters. The lowest BCUT2D eigenvalue weighted by atomic mass is 10.2. The zero-order valence-electron chi connectivity index (χ0n) is 12.8. The van der Waals surface area contributed by atoms with Gasteiger partial charge in [-0.1, -0.05) is 6.92 Å². The second-order valence-electron chi connectivity index (χ2n) is 5.26. The molecule has 0 saturated carbocycles. The molecule has 22 heavy (non-hydrogen) atoms. The van der Waals surface area contributed by atoms with Crippen LogP contribution in [-0.2, 0) is 20.6 Å². The first kappa shape index (κ1) is 15.6. The fourth-order valence-corrected chi connectivity index (χ4v) is 2.22. The third-order valence-electron chi connectivity index (χ3n) is 3.45. The molecule has 0 fully saturated rings. The van der Waals surface area contributed by atoms with Crippen molar-refractivity contribution in [2.45, 2.75) is 13.5 Å². The molecule has 2 heterocycles. The molecular weight excluding hydrogens is 284 g/mol. The molecule has 0 bridgehead atoms. The molecule has 0 aliphatic rings. The molecule has 0 aromatic carbocycles. The van der Waals surface area contributed by atoms with Crippen LogP contribution < -0.4 is 16.6 Å². The SMILES string of the molecule is CC(CNc1c(C#N)c(=O)n(C)c(=O)n1C)Cn1cccn1. The third kappa shape index (κ3) is 2.93. The predicted octanol–water partition coefficient (Wildman–Crippen LogP) is -0.0996. The average molecular weight is 302 g/mol. The molecule has 2 rings (SSSR count). The van der Waals surface area contributed by atoms with Crippen LogP contribution in [0.2, 0.25) is 0 Å². The van der Waals surface area contributed by atoms with Gasteiger partial charge in [0.25, 0.3) is 5.56 Å². The quantitative estimate of drug-likeness (QED) is 0.832. The van der Waals surface area contributed by atoms with E-state index in [9.17, 15) is 14.9 Å². The Kier molecular flexibility index (Phi) is 4.46. The van der Waals surface area contributed by atoms with Crippen molar-refractivity contribution in [3.63, 3.8) is 0 Å². The first-order valence-electron chi connectivity index (χ1n) is 6.87. The Morgan fingerprint density at radius 1 is 1.36 bits per heavy atom.